The van der Waals surface area contributed by atoms with E-state index in [1.165, 1.54) is 0 Å². The van der Waals surface area contributed by atoms with E-state index in [9.17, 15) is 4.79 Å². The van der Waals surface area contributed by atoms with Gasteiger partial charge in [0.2, 0.25) is 0 Å². The Labute approximate surface area is 82.8 Å². The fraction of sp³-hybridized carbons (Fsp3) is 0.273. The summed E-state index contributed by atoms with van der Waals surface area (Å²) < 4.78 is 0. The van der Waals surface area contributed by atoms with Crippen molar-refractivity contribution in [3.8, 4) is 11.8 Å². The Bertz CT molecular complexity index is 362. The number of aliphatic carboxylic acids is 1. The summed E-state index contributed by atoms with van der Waals surface area (Å²) in [5.41, 5.74) is 0.558. The molecule has 0 fully saturated rings. The maximum Gasteiger partial charge on any atom is 0.313 e. The van der Waals surface area contributed by atoms with Crippen LogP contribution in [-0.2, 0) is 4.79 Å². The molecule has 1 aromatic heterocycles. The molecule has 0 saturated heterocycles. The quantitative estimate of drug-likeness (QED) is 0.736. The maximum absolute atomic E-state index is 10.9. The summed E-state index contributed by atoms with van der Waals surface area (Å²) in [6.45, 7) is 1.69. The van der Waals surface area contributed by atoms with E-state index in [0.717, 1.165) is 0 Å². The lowest BCUT2D eigenvalue weighted by molar-refractivity contribution is -0.138. The van der Waals surface area contributed by atoms with Crippen LogP contribution in [0.25, 0.3) is 0 Å². The van der Waals surface area contributed by atoms with Crippen LogP contribution in [0.1, 0.15) is 25.0 Å². The first-order valence-electron chi connectivity index (χ1n) is 4.29. The second-order valence-corrected chi connectivity index (χ2v) is 2.78. The van der Waals surface area contributed by atoms with E-state index < -0.39 is 11.9 Å². The third kappa shape index (κ3) is 2.60. The van der Waals surface area contributed by atoms with Gasteiger partial charge in [0.15, 0.2) is 0 Å². The number of aromatic nitrogens is 1. The van der Waals surface area contributed by atoms with Crippen LogP contribution in [0.5, 0.6) is 0 Å². The molecule has 1 rings (SSSR count). The van der Waals surface area contributed by atoms with Gasteiger partial charge in [-0.05, 0) is 19.1 Å². The molecule has 0 saturated carbocycles. The van der Waals surface area contributed by atoms with Crippen LogP contribution in [0.2, 0.25) is 0 Å². The Morgan fingerprint density at radius 2 is 2.43 bits per heavy atom. The normalized spacial score (nSPS) is 11.2. The first kappa shape index (κ1) is 10.3. The van der Waals surface area contributed by atoms with Gasteiger partial charge in [0.1, 0.15) is 5.92 Å². The minimum Gasteiger partial charge on any atom is -0.481 e. The largest absolute Gasteiger partial charge is 0.481 e. The number of pyridine rings is 1. The van der Waals surface area contributed by atoms with E-state index in [1.54, 1.807) is 31.3 Å². The van der Waals surface area contributed by atoms with Crippen molar-refractivity contribution >= 4 is 5.97 Å². The molecule has 14 heavy (non-hydrogen) atoms. The molecule has 0 bridgehead atoms. The maximum atomic E-state index is 10.9. The molecule has 0 amide bonds. The molecule has 1 heterocycles. The molecule has 0 aliphatic carbocycles. The molecular formula is C11H11NO2. The van der Waals surface area contributed by atoms with Gasteiger partial charge in [-0.1, -0.05) is 6.07 Å². The van der Waals surface area contributed by atoms with E-state index in [2.05, 4.69) is 16.8 Å². The highest BCUT2D eigenvalue weighted by Crippen LogP contribution is 2.16. The second-order valence-electron chi connectivity index (χ2n) is 2.78. The first-order valence-corrected chi connectivity index (χ1v) is 4.29. The van der Waals surface area contributed by atoms with E-state index in [1.807, 2.05) is 0 Å². The van der Waals surface area contributed by atoms with Gasteiger partial charge in [0, 0.05) is 12.6 Å². The zero-order valence-electron chi connectivity index (χ0n) is 7.90. The van der Waals surface area contributed by atoms with Gasteiger partial charge in [0.05, 0.1) is 5.69 Å². The Kier molecular flexibility index (Phi) is 3.69. The number of carboxylic acids is 1. The minimum atomic E-state index is -0.883. The molecule has 0 spiro atoms. The van der Waals surface area contributed by atoms with Gasteiger partial charge in [-0.3, -0.25) is 9.78 Å². The van der Waals surface area contributed by atoms with Crippen molar-refractivity contribution in [1.82, 2.24) is 4.98 Å². The molecule has 0 aliphatic heterocycles. The highest BCUT2D eigenvalue weighted by Gasteiger charge is 2.19. The fourth-order valence-electron chi connectivity index (χ4n) is 1.10. The van der Waals surface area contributed by atoms with Crippen LogP contribution >= 0.6 is 0 Å². The molecule has 0 radical (unpaired) electrons. The van der Waals surface area contributed by atoms with Crippen LogP contribution in [0.4, 0.5) is 0 Å². The second kappa shape index (κ2) is 5.03. The van der Waals surface area contributed by atoms with Crippen molar-refractivity contribution in [3.05, 3.63) is 30.1 Å². The van der Waals surface area contributed by atoms with Crippen molar-refractivity contribution in [3.63, 3.8) is 0 Å². The van der Waals surface area contributed by atoms with Crippen molar-refractivity contribution in [1.29, 1.82) is 0 Å². The number of carboxylic acid groups (broad SMARTS) is 1. The summed E-state index contributed by atoms with van der Waals surface area (Å²) in [4.78, 5) is 14.9. The molecule has 3 nitrogen and oxygen atoms in total. The number of hydrogen-bond acceptors (Lipinski definition) is 2. The Balaban J connectivity index is 2.87. The van der Waals surface area contributed by atoms with E-state index in [0.29, 0.717) is 12.1 Å². The number of nitrogens with zero attached hydrogens (tertiary/aromatic N) is 1. The van der Waals surface area contributed by atoms with Crippen LogP contribution < -0.4 is 0 Å². The van der Waals surface area contributed by atoms with Crippen LogP contribution in [0.15, 0.2) is 24.4 Å². The van der Waals surface area contributed by atoms with Gasteiger partial charge < -0.3 is 5.11 Å². The Morgan fingerprint density at radius 3 is 2.93 bits per heavy atom. The van der Waals surface area contributed by atoms with Gasteiger partial charge >= 0.3 is 5.97 Å². The van der Waals surface area contributed by atoms with Crippen LogP contribution in [-0.4, -0.2) is 16.1 Å². The molecule has 0 aliphatic rings. The van der Waals surface area contributed by atoms with E-state index in [4.69, 9.17) is 5.11 Å². The van der Waals surface area contributed by atoms with Crippen molar-refractivity contribution in [2.75, 3.05) is 0 Å². The van der Waals surface area contributed by atoms with E-state index >= 15 is 0 Å². The molecule has 0 aromatic carbocycles. The summed E-state index contributed by atoms with van der Waals surface area (Å²) in [5, 5.41) is 8.95. The predicted molar refractivity (Wildman–Crippen MR) is 52.7 cm³/mol. The zero-order chi connectivity index (χ0) is 10.4. The Morgan fingerprint density at radius 1 is 1.64 bits per heavy atom. The van der Waals surface area contributed by atoms with Crippen molar-refractivity contribution < 1.29 is 9.90 Å². The smallest absolute Gasteiger partial charge is 0.313 e. The zero-order valence-corrected chi connectivity index (χ0v) is 7.90. The molecule has 1 unspecified atom stereocenters. The third-order valence-corrected chi connectivity index (χ3v) is 1.83. The van der Waals surface area contributed by atoms with Crippen LogP contribution in [0, 0.1) is 11.8 Å². The Hall–Kier alpha value is -1.82. The monoisotopic (exact) mass is 189 g/mol. The molecule has 1 N–H and O–H groups in total. The highest BCUT2D eigenvalue weighted by atomic mass is 16.4. The summed E-state index contributed by atoms with van der Waals surface area (Å²) in [5.74, 6) is 3.93. The minimum absolute atomic E-state index is 0.308. The molecule has 3 heteroatoms. The van der Waals surface area contributed by atoms with Crippen LogP contribution in [0.3, 0.4) is 0 Å². The predicted octanol–water partition coefficient (Wildman–Crippen LogP) is 1.66. The van der Waals surface area contributed by atoms with Gasteiger partial charge in [0.25, 0.3) is 0 Å². The summed E-state index contributed by atoms with van der Waals surface area (Å²) in [6, 6.07) is 5.24. The van der Waals surface area contributed by atoms with E-state index in [-0.39, 0.29) is 0 Å². The lowest BCUT2D eigenvalue weighted by Crippen LogP contribution is -2.12. The van der Waals surface area contributed by atoms with Gasteiger partial charge in [-0.2, -0.15) is 0 Å². The SMILES string of the molecule is CC#CCC(C(=O)O)c1ccccn1. The first-order chi connectivity index (χ1) is 6.75. The molecule has 72 valence electrons. The highest BCUT2D eigenvalue weighted by molar-refractivity contribution is 5.75. The average Bonchev–Trinajstić information content (AvgIpc) is 2.19. The molecular weight excluding hydrogens is 178 g/mol. The lowest BCUT2D eigenvalue weighted by Gasteiger charge is -2.07. The fourth-order valence-corrected chi connectivity index (χ4v) is 1.10. The summed E-state index contributed by atoms with van der Waals surface area (Å²) in [7, 11) is 0. The summed E-state index contributed by atoms with van der Waals surface area (Å²) in [6.07, 6.45) is 1.90. The average molecular weight is 189 g/mol. The van der Waals surface area contributed by atoms with Gasteiger partial charge in [-0.25, -0.2) is 0 Å². The van der Waals surface area contributed by atoms with Gasteiger partial charge in [-0.15, -0.1) is 11.8 Å². The topological polar surface area (TPSA) is 50.2 Å². The van der Waals surface area contributed by atoms with Crippen molar-refractivity contribution in [2.45, 2.75) is 19.3 Å². The summed E-state index contributed by atoms with van der Waals surface area (Å²) >= 11 is 0. The number of carbonyl (C=O) groups is 1. The number of rotatable bonds is 3. The lowest BCUT2D eigenvalue weighted by atomic mass is 10.0. The molecule has 1 atom stereocenters. The third-order valence-electron chi connectivity index (χ3n) is 1.83. The standard InChI is InChI=1S/C11H11NO2/c1-2-3-6-9(11(13)14)10-7-4-5-8-12-10/h4-5,7-9H,6H2,1H3,(H,13,14). The molecule has 1 aromatic rings. The number of hydrogen-bond donors (Lipinski definition) is 1. The van der Waals surface area contributed by atoms with Crippen molar-refractivity contribution in [2.24, 2.45) is 0 Å².